The number of hydrogen-bond donors (Lipinski definition) is 2. The van der Waals surface area contributed by atoms with Gasteiger partial charge in [0.15, 0.2) is 0 Å². The number of aryl methyl sites for hydroxylation is 1. The van der Waals surface area contributed by atoms with Crippen LogP contribution in [-0.2, 0) is 20.9 Å². The molecule has 1 aliphatic heterocycles. The van der Waals surface area contributed by atoms with Crippen molar-refractivity contribution in [3.05, 3.63) is 35.4 Å². The molecule has 3 N–H and O–H groups in total. The molecule has 2 fully saturated rings. The van der Waals surface area contributed by atoms with Gasteiger partial charge in [0, 0.05) is 46.3 Å². The summed E-state index contributed by atoms with van der Waals surface area (Å²) in [6, 6.07) is 8.25. The van der Waals surface area contributed by atoms with Crippen molar-refractivity contribution in [1.82, 2.24) is 15.1 Å². The number of piperidine rings is 1. The van der Waals surface area contributed by atoms with E-state index >= 15 is 0 Å². The molecular weight excluding hydrogens is 428 g/mol. The van der Waals surface area contributed by atoms with Crippen molar-refractivity contribution in [3.63, 3.8) is 0 Å². The Morgan fingerprint density at radius 2 is 1.85 bits per heavy atom. The highest BCUT2D eigenvalue weighted by molar-refractivity contribution is 5.87. The first-order valence-electron chi connectivity index (χ1n) is 12.9. The SMILES string of the molecule is COCCN(Cc1ccccc1C)C1CCN(C(C)=O)[C@@H](C(=O)NCC2CCC(CN)CC2)C1. The highest BCUT2D eigenvalue weighted by Gasteiger charge is 2.37. The Bertz CT molecular complexity index is 794. The van der Waals surface area contributed by atoms with Crippen LogP contribution in [0.5, 0.6) is 0 Å². The lowest BCUT2D eigenvalue weighted by atomic mass is 9.82. The number of amides is 2. The summed E-state index contributed by atoms with van der Waals surface area (Å²) < 4.78 is 5.39. The van der Waals surface area contributed by atoms with Gasteiger partial charge in [0.25, 0.3) is 0 Å². The summed E-state index contributed by atoms with van der Waals surface area (Å²) in [5.74, 6) is 1.11. The van der Waals surface area contributed by atoms with Gasteiger partial charge in [-0.15, -0.1) is 0 Å². The van der Waals surface area contributed by atoms with Crippen molar-refractivity contribution in [2.45, 2.75) is 71.0 Å². The number of nitrogens with one attached hydrogen (secondary N) is 1. The van der Waals surface area contributed by atoms with Gasteiger partial charge in [-0.25, -0.2) is 0 Å². The van der Waals surface area contributed by atoms with Crippen molar-refractivity contribution >= 4 is 11.8 Å². The third-order valence-electron chi connectivity index (χ3n) is 7.88. The van der Waals surface area contributed by atoms with Crippen molar-refractivity contribution < 1.29 is 14.3 Å². The van der Waals surface area contributed by atoms with Gasteiger partial charge in [-0.2, -0.15) is 0 Å². The van der Waals surface area contributed by atoms with E-state index in [0.717, 1.165) is 51.7 Å². The second kappa shape index (κ2) is 13.2. The average Bonchev–Trinajstić information content (AvgIpc) is 2.86. The Morgan fingerprint density at radius 3 is 2.50 bits per heavy atom. The molecule has 2 aliphatic rings. The summed E-state index contributed by atoms with van der Waals surface area (Å²) in [5, 5.41) is 3.19. The third kappa shape index (κ3) is 7.27. The summed E-state index contributed by atoms with van der Waals surface area (Å²) in [6.45, 7) is 8.04. The van der Waals surface area contributed by atoms with E-state index in [-0.39, 0.29) is 17.9 Å². The summed E-state index contributed by atoms with van der Waals surface area (Å²) in [4.78, 5) is 29.9. The van der Waals surface area contributed by atoms with Gasteiger partial charge in [0.1, 0.15) is 6.04 Å². The van der Waals surface area contributed by atoms with E-state index in [1.807, 2.05) is 0 Å². The van der Waals surface area contributed by atoms with E-state index in [0.29, 0.717) is 38.0 Å². The molecule has 7 nitrogen and oxygen atoms in total. The Labute approximate surface area is 205 Å². The number of likely N-dealkylation sites (tertiary alicyclic amines) is 1. The summed E-state index contributed by atoms with van der Waals surface area (Å²) in [6.07, 6.45) is 6.05. The number of carbonyl (C=O) groups excluding carboxylic acids is 2. The van der Waals surface area contributed by atoms with E-state index in [1.54, 1.807) is 18.9 Å². The van der Waals surface area contributed by atoms with Crippen molar-refractivity contribution in [1.29, 1.82) is 0 Å². The van der Waals surface area contributed by atoms with Crippen LogP contribution in [0, 0.1) is 18.8 Å². The number of ether oxygens (including phenoxy) is 1. The van der Waals surface area contributed by atoms with E-state index in [4.69, 9.17) is 10.5 Å². The van der Waals surface area contributed by atoms with Crippen LogP contribution in [0.1, 0.15) is 56.6 Å². The molecule has 0 spiro atoms. The molecule has 1 aliphatic carbocycles. The highest BCUT2D eigenvalue weighted by Crippen LogP contribution is 2.28. The normalized spacial score (nSPS) is 25.4. The number of rotatable bonds is 10. The lowest BCUT2D eigenvalue weighted by Gasteiger charge is -2.43. The largest absolute Gasteiger partial charge is 0.383 e. The topological polar surface area (TPSA) is 87.9 Å². The van der Waals surface area contributed by atoms with Gasteiger partial charge in [-0.05, 0) is 75.0 Å². The van der Waals surface area contributed by atoms with Crippen molar-refractivity contribution in [3.8, 4) is 0 Å². The molecule has 1 unspecified atom stereocenters. The molecule has 1 heterocycles. The van der Waals surface area contributed by atoms with Crippen LogP contribution in [0.4, 0.5) is 0 Å². The maximum atomic E-state index is 13.3. The zero-order chi connectivity index (χ0) is 24.5. The van der Waals surface area contributed by atoms with E-state index < -0.39 is 6.04 Å². The predicted octanol–water partition coefficient (Wildman–Crippen LogP) is 2.70. The molecule has 7 heteroatoms. The molecule has 0 bridgehead atoms. The van der Waals surface area contributed by atoms with E-state index in [1.165, 1.54) is 11.1 Å². The van der Waals surface area contributed by atoms with Crippen LogP contribution in [0.3, 0.4) is 0 Å². The quantitative estimate of drug-likeness (QED) is 0.547. The maximum Gasteiger partial charge on any atom is 0.242 e. The van der Waals surface area contributed by atoms with Crippen LogP contribution < -0.4 is 11.1 Å². The first kappa shape index (κ1) is 26.6. The fourth-order valence-electron chi connectivity index (χ4n) is 5.54. The molecule has 3 rings (SSSR count). The number of hydrogen-bond acceptors (Lipinski definition) is 5. The molecule has 1 saturated heterocycles. The fourth-order valence-corrected chi connectivity index (χ4v) is 5.54. The zero-order valence-corrected chi connectivity index (χ0v) is 21.3. The van der Waals surface area contributed by atoms with Crippen LogP contribution in [0.15, 0.2) is 24.3 Å². The van der Waals surface area contributed by atoms with Gasteiger partial charge in [-0.3, -0.25) is 14.5 Å². The molecule has 1 saturated carbocycles. The first-order valence-corrected chi connectivity index (χ1v) is 12.9. The lowest BCUT2D eigenvalue weighted by Crippen LogP contribution is -2.57. The minimum atomic E-state index is -0.418. The minimum absolute atomic E-state index is 0.0107. The molecule has 34 heavy (non-hydrogen) atoms. The zero-order valence-electron chi connectivity index (χ0n) is 21.3. The van der Waals surface area contributed by atoms with Crippen LogP contribution >= 0.6 is 0 Å². The van der Waals surface area contributed by atoms with E-state index in [2.05, 4.69) is 41.4 Å². The Morgan fingerprint density at radius 1 is 1.15 bits per heavy atom. The first-order chi connectivity index (χ1) is 16.4. The highest BCUT2D eigenvalue weighted by atomic mass is 16.5. The number of methoxy groups -OCH3 is 1. The lowest BCUT2D eigenvalue weighted by molar-refractivity contribution is -0.142. The Kier molecular flexibility index (Phi) is 10.4. The molecule has 2 atom stereocenters. The number of benzene rings is 1. The van der Waals surface area contributed by atoms with Crippen LogP contribution in [0.2, 0.25) is 0 Å². The summed E-state index contributed by atoms with van der Waals surface area (Å²) in [5.41, 5.74) is 8.38. The van der Waals surface area contributed by atoms with Crippen LogP contribution in [-0.4, -0.2) is 73.6 Å². The molecule has 2 amide bonds. The van der Waals surface area contributed by atoms with Gasteiger partial charge in [-0.1, -0.05) is 24.3 Å². The molecule has 0 aromatic heterocycles. The van der Waals surface area contributed by atoms with Crippen LogP contribution in [0.25, 0.3) is 0 Å². The monoisotopic (exact) mass is 472 g/mol. The molecule has 0 radical (unpaired) electrons. The Hall–Kier alpha value is -1.96. The molecular formula is C27H44N4O3. The standard InChI is InChI=1S/C27H44N4O3/c1-20-6-4-5-7-24(20)19-30(14-15-34-3)25-12-13-31(21(2)32)26(16-25)27(33)29-18-23-10-8-22(17-28)9-11-23/h4-7,22-23,25-26H,8-19,28H2,1-3H3,(H,29,33)/t22?,23?,25?,26-/m1/s1. The summed E-state index contributed by atoms with van der Waals surface area (Å²) >= 11 is 0. The fraction of sp³-hybridized carbons (Fsp3) is 0.704. The Balaban J connectivity index is 1.65. The van der Waals surface area contributed by atoms with Gasteiger partial charge in [0.2, 0.25) is 11.8 Å². The maximum absolute atomic E-state index is 13.3. The third-order valence-corrected chi connectivity index (χ3v) is 7.88. The second-order valence-electron chi connectivity index (χ2n) is 10.2. The molecule has 190 valence electrons. The summed E-state index contributed by atoms with van der Waals surface area (Å²) in [7, 11) is 1.72. The average molecular weight is 473 g/mol. The van der Waals surface area contributed by atoms with E-state index in [9.17, 15) is 9.59 Å². The predicted molar refractivity (Wildman–Crippen MR) is 135 cm³/mol. The van der Waals surface area contributed by atoms with Gasteiger partial charge < -0.3 is 20.7 Å². The second-order valence-corrected chi connectivity index (χ2v) is 10.2. The smallest absolute Gasteiger partial charge is 0.242 e. The molecule has 1 aromatic carbocycles. The van der Waals surface area contributed by atoms with Gasteiger partial charge >= 0.3 is 0 Å². The number of nitrogens with two attached hydrogens (primary N) is 1. The molecule has 1 aromatic rings. The minimum Gasteiger partial charge on any atom is -0.383 e. The number of carbonyl (C=O) groups is 2. The van der Waals surface area contributed by atoms with Crippen molar-refractivity contribution in [2.24, 2.45) is 17.6 Å². The van der Waals surface area contributed by atoms with Gasteiger partial charge in [0.05, 0.1) is 6.61 Å². The number of nitrogens with zero attached hydrogens (tertiary/aromatic N) is 2. The van der Waals surface area contributed by atoms with Crippen molar-refractivity contribution in [2.75, 3.05) is 39.9 Å².